The Bertz CT molecular complexity index is 1370. The molecule has 212 valence electrons. The number of carbonyl (C=O) groups excluding carboxylic acids is 1. The number of carbonyl (C=O) groups is 1. The first-order chi connectivity index (χ1) is 19.0. The van der Waals surface area contributed by atoms with Crippen molar-refractivity contribution in [3.8, 4) is 16.9 Å². The number of ether oxygens (including phenoxy) is 1. The Hall–Kier alpha value is -3.56. The zero-order valence-corrected chi connectivity index (χ0v) is 22.3. The maximum atomic E-state index is 14.9. The van der Waals surface area contributed by atoms with Gasteiger partial charge in [-0.3, -0.25) is 4.79 Å². The van der Waals surface area contributed by atoms with E-state index in [4.69, 9.17) is 11.6 Å². The number of halogens is 4. The molecule has 0 radical (unpaired) electrons. The molecule has 6 nitrogen and oxygen atoms in total. The van der Waals surface area contributed by atoms with Gasteiger partial charge in [0.15, 0.2) is 17.8 Å². The van der Waals surface area contributed by atoms with Gasteiger partial charge in [-0.1, -0.05) is 42.4 Å². The summed E-state index contributed by atoms with van der Waals surface area (Å²) in [6.45, 7) is 0.256. The summed E-state index contributed by atoms with van der Waals surface area (Å²) in [6, 6.07) is 11.6. The molecule has 0 bridgehead atoms. The van der Waals surface area contributed by atoms with Gasteiger partial charge in [-0.05, 0) is 61.8 Å². The molecule has 1 atom stereocenters. The van der Waals surface area contributed by atoms with E-state index in [1.807, 2.05) is 0 Å². The average Bonchev–Trinajstić information content (AvgIpc) is 2.91. The van der Waals surface area contributed by atoms with E-state index in [2.05, 4.69) is 11.3 Å². The number of nitrogens with zero attached hydrogens (tertiary/aromatic N) is 1. The van der Waals surface area contributed by atoms with Crippen LogP contribution in [0.2, 0.25) is 5.02 Å². The van der Waals surface area contributed by atoms with E-state index < -0.39 is 29.7 Å². The summed E-state index contributed by atoms with van der Waals surface area (Å²) < 4.78 is 45.7. The van der Waals surface area contributed by atoms with Crippen LogP contribution in [0.3, 0.4) is 0 Å². The molecule has 0 spiro atoms. The Morgan fingerprint density at radius 3 is 2.38 bits per heavy atom. The largest absolute Gasteiger partial charge is 0.618 e. The zero-order valence-electron chi connectivity index (χ0n) is 21.5. The first-order valence-electron chi connectivity index (χ1n) is 12.9. The predicted molar refractivity (Wildman–Crippen MR) is 145 cm³/mol. The van der Waals surface area contributed by atoms with Gasteiger partial charge in [0.25, 0.3) is 0 Å². The quantitative estimate of drug-likeness (QED) is 0.158. The summed E-state index contributed by atoms with van der Waals surface area (Å²) in [5.41, 5.74) is 0.909. The molecule has 1 heterocycles. The minimum Gasteiger partial charge on any atom is -0.618 e. The van der Waals surface area contributed by atoms with Crippen LogP contribution in [0.5, 0.6) is 5.75 Å². The van der Waals surface area contributed by atoms with Crippen LogP contribution in [-0.2, 0) is 11.2 Å². The molecule has 10 heteroatoms. The number of aliphatic hydroxyl groups excluding tert-OH is 2. The van der Waals surface area contributed by atoms with E-state index in [0.717, 1.165) is 18.3 Å². The molecular weight excluding hydrogens is 547 g/mol. The lowest BCUT2D eigenvalue weighted by Crippen LogP contribution is -2.37. The van der Waals surface area contributed by atoms with Crippen LogP contribution in [0.1, 0.15) is 54.8 Å². The molecule has 1 aliphatic carbocycles. The molecule has 0 saturated heterocycles. The summed E-state index contributed by atoms with van der Waals surface area (Å²) in [5, 5.41) is 32.4. The molecule has 4 rings (SSSR count). The topological polar surface area (TPSA) is 93.7 Å². The normalized spacial score (nSPS) is 17.9. The highest BCUT2D eigenvalue weighted by atomic mass is 35.5. The van der Waals surface area contributed by atoms with E-state index in [9.17, 15) is 33.4 Å². The number of benzene rings is 2. The molecule has 1 aliphatic rings. The first-order valence-corrected chi connectivity index (χ1v) is 13.3. The number of Topliss-reactive ketones (excluding diaryl/α,β-unsaturated/α-hetero) is 1. The van der Waals surface area contributed by atoms with Crippen molar-refractivity contribution in [3.05, 3.63) is 94.2 Å². The van der Waals surface area contributed by atoms with Crippen LogP contribution in [0.4, 0.5) is 13.2 Å². The van der Waals surface area contributed by atoms with Gasteiger partial charge in [-0.25, -0.2) is 4.39 Å². The van der Waals surface area contributed by atoms with Gasteiger partial charge in [-0.2, -0.15) is 13.5 Å². The zero-order chi connectivity index (χ0) is 29.0. The van der Waals surface area contributed by atoms with E-state index in [-0.39, 0.29) is 46.3 Å². The second-order valence-electron chi connectivity index (χ2n) is 10.0. The fourth-order valence-electron chi connectivity index (χ4n) is 5.18. The monoisotopic (exact) mass is 575 g/mol. The van der Waals surface area contributed by atoms with Gasteiger partial charge in [0.1, 0.15) is 17.4 Å². The Morgan fingerprint density at radius 2 is 1.77 bits per heavy atom. The number of aliphatic hydroxyl groups is 2. The maximum absolute atomic E-state index is 14.9. The van der Waals surface area contributed by atoms with Crippen molar-refractivity contribution < 1.29 is 37.6 Å². The minimum absolute atomic E-state index is 0.0231. The van der Waals surface area contributed by atoms with E-state index in [1.165, 1.54) is 12.1 Å². The van der Waals surface area contributed by atoms with Gasteiger partial charge < -0.3 is 20.2 Å². The van der Waals surface area contributed by atoms with Gasteiger partial charge in [0.05, 0.1) is 22.3 Å². The minimum atomic E-state index is -3.22. The molecule has 1 unspecified atom stereocenters. The SMILES string of the molecule is C=C(O)c1ccc(CC(=O)C(CC2CCC(O)CC2)c2ccc(-c3c(OC(F)F)ccc(Cl)c3F)c[n+]2[O-])cc1. The predicted octanol–water partition coefficient (Wildman–Crippen LogP) is 6.75. The molecule has 3 aromatic rings. The third-order valence-corrected chi connectivity index (χ3v) is 7.59. The van der Waals surface area contributed by atoms with Crippen molar-refractivity contribution >= 4 is 23.1 Å². The van der Waals surface area contributed by atoms with Crippen LogP contribution < -0.4 is 9.47 Å². The standard InChI is InChI=1S/C30H29ClF3NO5/c1-17(36)20-6-2-19(3-7-20)15-26(38)23(14-18-4-9-22(37)10-5-18)25-12-8-21(16-35(25)39)28-27(40-30(33)34)13-11-24(31)29(28)32/h2-3,6-8,11-13,16,18,22-23,30,36-37H,1,4-5,9-10,14-15H2. The van der Waals surface area contributed by atoms with Gasteiger partial charge in [-0.15, -0.1) is 0 Å². The average molecular weight is 576 g/mol. The summed E-state index contributed by atoms with van der Waals surface area (Å²) in [6.07, 6.45) is 3.67. The van der Waals surface area contributed by atoms with E-state index in [0.29, 0.717) is 48.0 Å². The van der Waals surface area contributed by atoms with Crippen LogP contribution in [0.25, 0.3) is 16.9 Å². The number of alkyl halides is 2. The van der Waals surface area contributed by atoms with Crippen LogP contribution >= 0.6 is 11.6 Å². The second-order valence-corrected chi connectivity index (χ2v) is 10.4. The first kappa shape index (κ1) is 29.4. The van der Waals surface area contributed by atoms with Crippen molar-refractivity contribution in [1.29, 1.82) is 0 Å². The Morgan fingerprint density at radius 1 is 1.10 bits per heavy atom. The molecule has 2 aromatic carbocycles. The van der Waals surface area contributed by atoms with Crippen molar-refractivity contribution in [2.75, 3.05) is 0 Å². The molecular formula is C30H29ClF3NO5. The Kier molecular flexibility index (Phi) is 9.37. The number of hydrogen-bond donors (Lipinski definition) is 2. The third-order valence-electron chi connectivity index (χ3n) is 7.30. The Labute approximate surface area is 234 Å². The highest BCUT2D eigenvalue weighted by molar-refractivity contribution is 6.31. The summed E-state index contributed by atoms with van der Waals surface area (Å²) in [5.74, 6) is -2.51. The maximum Gasteiger partial charge on any atom is 0.387 e. The second kappa shape index (κ2) is 12.7. The molecule has 2 N–H and O–H groups in total. The number of pyridine rings is 1. The van der Waals surface area contributed by atoms with E-state index >= 15 is 0 Å². The summed E-state index contributed by atoms with van der Waals surface area (Å²) in [4.78, 5) is 13.6. The molecule has 0 aliphatic heterocycles. The van der Waals surface area contributed by atoms with Crippen molar-refractivity contribution in [1.82, 2.24) is 0 Å². The van der Waals surface area contributed by atoms with Gasteiger partial charge >= 0.3 is 6.61 Å². The highest BCUT2D eigenvalue weighted by Gasteiger charge is 2.33. The number of rotatable bonds is 10. The fraction of sp³-hybridized carbons (Fsp3) is 0.333. The van der Waals surface area contributed by atoms with Gasteiger partial charge in [0.2, 0.25) is 5.69 Å². The number of aromatic nitrogens is 1. The Balaban J connectivity index is 1.67. The lowest BCUT2D eigenvalue weighted by molar-refractivity contribution is -0.614. The van der Waals surface area contributed by atoms with Crippen LogP contribution in [0, 0.1) is 16.9 Å². The van der Waals surface area contributed by atoms with Crippen molar-refractivity contribution in [2.45, 2.75) is 57.2 Å². The molecule has 1 aromatic heterocycles. The highest BCUT2D eigenvalue weighted by Crippen LogP contribution is 2.38. The number of hydrogen-bond acceptors (Lipinski definition) is 5. The van der Waals surface area contributed by atoms with Gasteiger partial charge in [0, 0.05) is 18.1 Å². The molecule has 40 heavy (non-hydrogen) atoms. The molecule has 1 fully saturated rings. The summed E-state index contributed by atoms with van der Waals surface area (Å²) >= 11 is 5.87. The van der Waals surface area contributed by atoms with E-state index in [1.54, 1.807) is 24.3 Å². The van der Waals surface area contributed by atoms with Crippen molar-refractivity contribution in [3.63, 3.8) is 0 Å². The van der Waals surface area contributed by atoms with Crippen molar-refractivity contribution in [2.24, 2.45) is 5.92 Å². The lowest BCUT2D eigenvalue weighted by Gasteiger charge is -2.28. The van der Waals surface area contributed by atoms with Crippen LogP contribution in [-0.4, -0.2) is 28.7 Å². The summed E-state index contributed by atoms with van der Waals surface area (Å²) in [7, 11) is 0. The third kappa shape index (κ3) is 6.95. The number of ketones is 1. The molecule has 1 saturated carbocycles. The lowest BCUT2D eigenvalue weighted by atomic mass is 9.78. The smallest absolute Gasteiger partial charge is 0.387 e. The van der Waals surface area contributed by atoms with Crippen LogP contribution in [0.15, 0.2) is 61.3 Å². The molecule has 0 amide bonds. The fourth-order valence-corrected chi connectivity index (χ4v) is 5.33.